The van der Waals surface area contributed by atoms with Crippen LogP contribution in [-0.4, -0.2) is 4.98 Å². The van der Waals surface area contributed by atoms with Crippen LogP contribution in [0.3, 0.4) is 0 Å². The van der Waals surface area contributed by atoms with Crippen LogP contribution in [0.4, 0.5) is 0 Å². The first kappa shape index (κ1) is 13.9. The molecule has 1 aromatic heterocycles. The van der Waals surface area contributed by atoms with E-state index in [0.29, 0.717) is 11.5 Å². The maximum Gasteiger partial charge on any atom is 0.140 e. The number of thiazole rings is 1. The number of aryl methyl sites for hydroxylation is 3. The second-order valence-corrected chi connectivity index (χ2v) is 5.76. The molecule has 1 aromatic carbocycles. The molecule has 0 aliphatic heterocycles. The van der Waals surface area contributed by atoms with Crippen molar-refractivity contribution in [3.8, 4) is 11.8 Å². The lowest BCUT2D eigenvalue weighted by molar-refractivity contribution is 0.305. The van der Waals surface area contributed by atoms with Crippen molar-refractivity contribution in [2.45, 2.75) is 27.4 Å². The molecule has 1 heterocycles. The Hall–Kier alpha value is -1.57. The third-order valence-corrected chi connectivity index (χ3v) is 4.35. The lowest BCUT2D eigenvalue weighted by atomic mass is 10.1. The number of aromatic nitrogens is 1. The number of hydrogen-bond acceptors (Lipinski definition) is 4. The summed E-state index contributed by atoms with van der Waals surface area (Å²) >= 11 is 7.47. The van der Waals surface area contributed by atoms with Gasteiger partial charge in [-0.25, -0.2) is 4.98 Å². The van der Waals surface area contributed by atoms with Crippen molar-refractivity contribution in [3.63, 3.8) is 0 Å². The Bertz CT molecular complexity index is 635. The van der Waals surface area contributed by atoms with E-state index < -0.39 is 0 Å². The summed E-state index contributed by atoms with van der Waals surface area (Å²) < 4.78 is 5.70. The van der Waals surface area contributed by atoms with Crippen LogP contribution in [0.2, 0.25) is 5.02 Å². The van der Waals surface area contributed by atoms with Gasteiger partial charge in [0.2, 0.25) is 0 Å². The molecule has 98 valence electrons. The molecule has 0 fully saturated rings. The van der Waals surface area contributed by atoms with Gasteiger partial charge in [-0.1, -0.05) is 11.6 Å². The fraction of sp³-hybridized carbons (Fsp3) is 0.286. The van der Waals surface area contributed by atoms with E-state index in [4.69, 9.17) is 21.6 Å². The summed E-state index contributed by atoms with van der Waals surface area (Å²) in [6.07, 6.45) is 0. The molecule has 0 bridgehead atoms. The standard InChI is InChI=1S/C14H13ClN2OS/c1-8-4-11(5-9(2)14(8)15)18-7-13-17-10(3)12(6-16)19-13/h4-5H,7H2,1-3H3. The molecule has 0 N–H and O–H groups in total. The smallest absolute Gasteiger partial charge is 0.140 e. The van der Waals surface area contributed by atoms with E-state index in [1.807, 2.05) is 32.9 Å². The first-order valence-electron chi connectivity index (χ1n) is 5.77. The summed E-state index contributed by atoms with van der Waals surface area (Å²) in [5.74, 6) is 0.769. The second kappa shape index (κ2) is 5.60. The summed E-state index contributed by atoms with van der Waals surface area (Å²) in [5.41, 5.74) is 2.74. The number of rotatable bonds is 3. The molecule has 2 aromatic rings. The van der Waals surface area contributed by atoms with Gasteiger partial charge in [-0.15, -0.1) is 11.3 Å². The van der Waals surface area contributed by atoms with Crippen LogP contribution in [0, 0.1) is 32.1 Å². The molecule has 0 spiro atoms. The number of nitriles is 1. The highest BCUT2D eigenvalue weighted by atomic mass is 35.5. The number of nitrogens with zero attached hydrogens (tertiary/aromatic N) is 2. The number of benzene rings is 1. The third kappa shape index (κ3) is 3.06. The zero-order chi connectivity index (χ0) is 14.0. The predicted molar refractivity (Wildman–Crippen MR) is 76.8 cm³/mol. The Balaban J connectivity index is 2.12. The van der Waals surface area contributed by atoms with E-state index in [0.717, 1.165) is 32.6 Å². The molecule has 0 saturated heterocycles. The average Bonchev–Trinajstić information content (AvgIpc) is 2.74. The second-order valence-electron chi connectivity index (χ2n) is 4.29. The van der Waals surface area contributed by atoms with Gasteiger partial charge in [-0.05, 0) is 44.0 Å². The van der Waals surface area contributed by atoms with Gasteiger partial charge in [0.25, 0.3) is 0 Å². The molecular weight excluding hydrogens is 280 g/mol. The minimum atomic E-state index is 0.369. The van der Waals surface area contributed by atoms with Crippen molar-refractivity contribution in [2.75, 3.05) is 0 Å². The minimum Gasteiger partial charge on any atom is -0.486 e. The highest BCUT2D eigenvalue weighted by Crippen LogP contribution is 2.27. The van der Waals surface area contributed by atoms with Gasteiger partial charge in [0.1, 0.15) is 28.3 Å². The topological polar surface area (TPSA) is 45.9 Å². The quantitative estimate of drug-likeness (QED) is 0.853. The van der Waals surface area contributed by atoms with Crippen molar-refractivity contribution in [1.29, 1.82) is 5.26 Å². The van der Waals surface area contributed by atoms with Crippen molar-refractivity contribution in [1.82, 2.24) is 4.98 Å². The first-order chi connectivity index (χ1) is 9.01. The third-order valence-electron chi connectivity index (χ3n) is 2.71. The normalized spacial score (nSPS) is 10.3. The van der Waals surface area contributed by atoms with Gasteiger partial charge >= 0.3 is 0 Å². The van der Waals surface area contributed by atoms with Crippen molar-refractivity contribution < 1.29 is 4.74 Å². The van der Waals surface area contributed by atoms with E-state index in [2.05, 4.69) is 11.1 Å². The van der Waals surface area contributed by atoms with Crippen LogP contribution in [0.5, 0.6) is 5.75 Å². The largest absolute Gasteiger partial charge is 0.486 e. The summed E-state index contributed by atoms with van der Waals surface area (Å²) in [6, 6.07) is 5.93. The van der Waals surface area contributed by atoms with E-state index >= 15 is 0 Å². The number of ether oxygens (including phenoxy) is 1. The monoisotopic (exact) mass is 292 g/mol. The van der Waals surface area contributed by atoms with Gasteiger partial charge < -0.3 is 4.74 Å². The molecular formula is C14H13ClN2OS. The minimum absolute atomic E-state index is 0.369. The summed E-state index contributed by atoms with van der Waals surface area (Å²) in [4.78, 5) is 4.94. The predicted octanol–water partition coefficient (Wildman–Crippen LogP) is 4.17. The number of hydrogen-bond donors (Lipinski definition) is 0. The number of halogens is 1. The maximum atomic E-state index is 8.89. The first-order valence-corrected chi connectivity index (χ1v) is 6.96. The lowest BCUT2D eigenvalue weighted by Crippen LogP contribution is -1.96. The SMILES string of the molecule is Cc1cc(OCc2nc(C)c(C#N)s2)cc(C)c1Cl. The van der Waals surface area contributed by atoms with Gasteiger partial charge in [-0.2, -0.15) is 5.26 Å². The van der Waals surface area contributed by atoms with E-state index in [-0.39, 0.29) is 0 Å². The Morgan fingerprint density at radius 3 is 2.47 bits per heavy atom. The lowest BCUT2D eigenvalue weighted by Gasteiger charge is -2.08. The molecule has 5 heteroatoms. The van der Waals surface area contributed by atoms with Crippen LogP contribution in [0.1, 0.15) is 26.7 Å². The molecule has 0 aliphatic carbocycles. The van der Waals surface area contributed by atoms with Crippen molar-refractivity contribution in [3.05, 3.63) is 43.9 Å². The summed E-state index contributed by atoms with van der Waals surface area (Å²) in [5, 5.41) is 10.5. The molecule has 19 heavy (non-hydrogen) atoms. The van der Waals surface area contributed by atoms with Gasteiger partial charge in [-0.3, -0.25) is 0 Å². The summed E-state index contributed by atoms with van der Waals surface area (Å²) in [7, 11) is 0. The Morgan fingerprint density at radius 2 is 1.95 bits per heavy atom. The van der Waals surface area contributed by atoms with E-state index in [1.54, 1.807) is 0 Å². The fourth-order valence-electron chi connectivity index (χ4n) is 1.75. The Morgan fingerprint density at radius 1 is 1.32 bits per heavy atom. The van der Waals surface area contributed by atoms with E-state index in [9.17, 15) is 0 Å². The van der Waals surface area contributed by atoms with Gasteiger partial charge in [0.15, 0.2) is 0 Å². The molecule has 0 radical (unpaired) electrons. The molecule has 0 aliphatic rings. The molecule has 0 unspecified atom stereocenters. The van der Waals surface area contributed by atoms with E-state index in [1.165, 1.54) is 11.3 Å². The van der Waals surface area contributed by atoms with Crippen molar-refractivity contribution >= 4 is 22.9 Å². The van der Waals surface area contributed by atoms with Gasteiger partial charge in [0.05, 0.1) is 5.69 Å². The zero-order valence-corrected chi connectivity index (χ0v) is 12.5. The highest BCUT2D eigenvalue weighted by molar-refractivity contribution is 7.12. The van der Waals surface area contributed by atoms with Crippen LogP contribution >= 0.6 is 22.9 Å². The molecule has 0 saturated carbocycles. The molecule has 3 nitrogen and oxygen atoms in total. The Labute approximate surface area is 121 Å². The average molecular weight is 293 g/mol. The van der Waals surface area contributed by atoms with Crippen LogP contribution in [0.15, 0.2) is 12.1 Å². The van der Waals surface area contributed by atoms with Crippen LogP contribution in [-0.2, 0) is 6.61 Å². The Kier molecular flexibility index (Phi) is 4.08. The molecule has 2 rings (SSSR count). The molecule has 0 atom stereocenters. The zero-order valence-electron chi connectivity index (χ0n) is 11.0. The molecule has 0 amide bonds. The highest BCUT2D eigenvalue weighted by Gasteiger charge is 2.08. The van der Waals surface area contributed by atoms with Crippen molar-refractivity contribution in [2.24, 2.45) is 0 Å². The van der Waals surface area contributed by atoms with Crippen LogP contribution < -0.4 is 4.74 Å². The van der Waals surface area contributed by atoms with Crippen LogP contribution in [0.25, 0.3) is 0 Å². The maximum absolute atomic E-state index is 8.89. The van der Waals surface area contributed by atoms with Gasteiger partial charge in [0, 0.05) is 5.02 Å². The summed E-state index contributed by atoms with van der Waals surface area (Å²) in [6.45, 7) is 6.09. The fourth-order valence-corrected chi connectivity index (χ4v) is 2.64.